The third-order valence-electron chi connectivity index (χ3n) is 3.11. The molecule has 1 unspecified atom stereocenters. The van der Waals surface area contributed by atoms with Crippen molar-refractivity contribution in [1.29, 1.82) is 0 Å². The van der Waals surface area contributed by atoms with E-state index in [9.17, 15) is 4.79 Å². The standard InChI is InChI=1S/C15H19N3O2/c1-11-6-4-5-7-13(11)9-18(3)10-15(19)16-14-8-12(2)20-17-14/h4-8H,9-10H2,1-3H3,(H,16,17,19)/p+1. The Morgan fingerprint density at radius 3 is 2.75 bits per heavy atom. The summed E-state index contributed by atoms with van der Waals surface area (Å²) in [5.74, 6) is 1.08. The molecule has 2 aromatic rings. The minimum Gasteiger partial charge on any atom is -0.360 e. The molecule has 0 aliphatic heterocycles. The maximum absolute atomic E-state index is 11.9. The lowest BCUT2D eigenvalue weighted by atomic mass is 10.1. The highest BCUT2D eigenvalue weighted by Gasteiger charge is 2.13. The zero-order valence-electron chi connectivity index (χ0n) is 12.1. The first-order chi connectivity index (χ1) is 9.54. The summed E-state index contributed by atoms with van der Waals surface area (Å²) in [4.78, 5) is 13.0. The summed E-state index contributed by atoms with van der Waals surface area (Å²) < 4.78 is 4.91. The Morgan fingerprint density at radius 2 is 2.10 bits per heavy atom. The number of nitrogens with one attached hydrogen (secondary N) is 2. The predicted octanol–water partition coefficient (Wildman–Crippen LogP) is 0.945. The summed E-state index contributed by atoms with van der Waals surface area (Å²) in [7, 11) is 2.00. The third-order valence-corrected chi connectivity index (χ3v) is 3.11. The molecule has 1 amide bonds. The lowest BCUT2D eigenvalue weighted by molar-refractivity contribution is -0.885. The van der Waals surface area contributed by atoms with Crippen LogP contribution in [-0.2, 0) is 11.3 Å². The zero-order chi connectivity index (χ0) is 14.5. The molecule has 0 fully saturated rings. The van der Waals surface area contributed by atoms with E-state index in [2.05, 4.69) is 29.5 Å². The minimum atomic E-state index is -0.0654. The Morgan fingerprint density at radius 1 is 1.35 bits per heavy atom. The van der Waals surface area contributed by atoms with Gasteiger partial charge in [0.2, 0.25) is 0 Å². The number of quaternary nitrogens is 1. The van der Waals surface area contributed by atoms with Crippen LogP contribution >= 0.6 is 0 Å². The van der Waals surface area contributed by atoms with Gasteiger partial charge >= 0.3 is 0 Å². The first kappa shape index (κ1) is 14.3. The number of amides is 1. The second-order valence-corrected chi connectivity index (χ2v) is 5.11. The molecule has 0 saturated heterocycles. The number of nitrogens with zero attached hydrogens (tertiary/aromatic N) is 1. The monoisotopic (exact) mass is 274 g/mol. The van der Waals surface area contributed by atoms with E-state index in [0.29, 0.717) is 18.1 Å². The van der Waals surface area contributed by atoms with Gasteiger partial charge in [0.15, 0.2) is 12.4 Å². The highest BCUT2D eigenvalue weighted by molar-refractivity contribution is 5.90. The summed E-state index contributed by atoms with van der Waals surface area (Å²) in [5, 5.41) is 6.47. The molecule has 0 radical (unpaired) electrons. The van der Waals surface area contributed by atoms with Crippen molar-refractivity contribution in [3.8, 4) is 0 Å². The summed E-state index contributed by atoms with van der Waals surface area (Å²) in [6, 6.07) is 9.93. The Labute approximate surface area is 118 Å². The first-order valence-electron chi connectivity index (χ1n) is 6.63. The number of carbonyl (C=O) groups excluding carboxylic acids is 1. The van der Waals surface area contributed by atoms with E-state index in [0.717, 1.165) is 11.4 Å². The number of likely N-dealkylation sites (N-methyl/N-ethyl adjacent to an activating group) is 1. The van der Waals surface area contributed by atoms with Crippen LogP contribution < -0.4 is 10.2 Å². The van der Waals surface area contributed by atoms with Gasteiger partial charge < -0.3 is 14.7 Å². The lowest BCUT2D eigenvalue weighted by Gasteiger charge is -2.14. The van der Waals surface area contributed by atoms with Gasteiger partial charge in [0.1, 0.15) is 12.3 Å². The Bertz CT molecular complexity index is 592. The van der Waals surface area contributed by atoms with Gasteiger partial charge in [-0.2, -0.15) is 0 Å². The van der Waals surface area contributed by atoms with E-state index in [-0.39, 0.29) is 5.91 Å². The van der Waals surface area contributed by atoms with Gasteiger partial charge in [-0.1, -0.05) is 29.4 Å². The predicted molar refractivity (Wildman–Crippen MR) is 76.5 cm³/mol. The van der Waals surface area contributed by atoms with Crippen molar-refractivity contribution in [2.75, 3.05) is 18.9 Å². The van der Waals surface area contributed by atoms with Crippen LogP contribution in [0.25, 0.3) is 0 Å². The molecule has 5 nitrogen and oxygen atoms in total. The fourth-order valence-corrected chi connectivity index (χ4v) is 2.08. The van der Waals surface area contributed by atoms with Crippen LogP contribution in [0.15, 0.2) is 34.9 Å². The zero-order valence-corrected chi connectivity index (χ0v) is 12.1. The molecule has 2 rings (SSSR count). The summed E-state index contributed by atoms with van der Waals surface area (Å²) in [6.07, 6.45) is 0. The molecule has 0 spiro atoms. The van der Waals surface area contributed by atoms with E-state index in [1.54, 1.807) is 13.0 Å². The number of anilines is 1. The summed E-state index contributed by atoms with van der Waals surface area (Å²) in [5.41, 5.74) is 2.51. The van der Waals surface area contributed by atoms with Crippen molar-refractivity contribution < 1.29 is 14.2 Å². The fourth-order valence-electron chi connectivity index (χ4n) is 2.08. The third kappa shape index (κ3) is 3.93. The van der Waals surface area contributed by atoms with E-state index >= 15 is 0 Å². The van der Waals surface area contributed by atoms with Crippen LogP contribution in [0.1, 0.15) is 16.9 Å². The average molecular weight is 274 g/mol. The van der Waals surface area contributed by atoms with E-state index in [1.165, 1.54) is 11.1 Å². The van der Waals surface area contributed by atoms with Crippen LogP contribution in [0.2, 0.25) is 0 Å². The highest BCUT2D eigenvalue weighted by atomic mass is 16.5. The second-order valence-electron chi connectivity index (χ2n) is 5.11. The van der Waals surface area contributed by atoms with Crippen LogP contribution in [0.3, 0.4) is 0 Å². The maximum atomic E-state index is 11.9. The Kier molecular flexibility index (Phi) is 4.53. The fraction of sp³-hybridized carbons (Fsp3) is 0.333. The molecule has 1 heterocycles. The molecular weight excluding hydrogens is 254 g/mol. The molecular formula is C15H20N3O2+. The van der Waals surface area contributed by atoms with Crippen LogP contribution in [0, 0.1) is 13.8 Å². The molecule has 0 saturated carbocycles. The van der Waals surface area contributed by atoms with Gasteiger partial charge in [-0.15, -0.1) is 0 Å². The van der Waals surface area contributed by atoms with Crippen molar-refractivity contribution in [3.05, 3.63) is 47.2 Å². The molecule has 0 aliphatic rings. The van der Waals surface area contributed by atoms with Crippen molar-refractivity contribution in [2.24, 2.45) is 0 Å². The number of aryl methyl sites for hydroxylation is 2. The van der Waals surface area contributed by atoms with Crippen molar-refractivity contribution >= 4 is 11.7 Å². The molecule has 20 heavy (non-hydrogen) atoms. The van der Waals surface area contributed by atoms with Crippen molar-refractivity contribution in [3.63, 3.8) is 0 Å². The molecule has 2 N–H and O–H groups in total. The van der Waals surface area contributed by atoms with Crippen LogP contribution in [0.5, 0.6) is 0 Å². The molecule has 106 valence electrons. The van der Waals surface area contributed by atoms with E-state index < -0.39 is 0 Å². The van der Waals surface area contributed by atoms with Gasteiger partial charge in [0.05, 0.1) is 7.05 Å². The van der Waals surface area contributed by atoms with Gasteiger partial charge in [-0.25, -0.2) is 0 Å². The van der Waals surface area contributed by atoms with Crippen molar-refractivity contribution in [2.45, 2.75) is 20.4 Å². The SMILES string of the molecule is Cc1cc(NC(=O)C[NH+](C)Cc2ccccc2C)no1. The van der Waals surface area contributed by atoms with E-state index in [1.807, 2.05) is 19.2 Å². The van der Waals surface area contributed by atoms with Crippen LogP contribution in [-0.4, -0.2) is 24.7 Å². The molecule has 1 atom stereocenters. The second kappa shape index (κ2) is 6.34. The van der Waals surface area contributed by atoms with Gasteiger partial charge in [0.25, 0.3) is 5.91 Å². The summed E-state index contributed by atoms with van der Waals surface area (Å²) >= 11 is 0. The lowest BCUT2D eigenvalue weighted by Crippen LogP contribution is -3.08. The van der Waals surface area contributed by atoms with E-state index in [4.69, 9.17) is 4.52 Å². The topological polar surface area (TPSA) is 59.6 Å². The highest BCUT2D eigenvalue weighted by Crippen LogP contribution is 2.06. The normalized spacial score (nSPS) is 12.2. The Hall–Kier alpha value is -2.14. The number of aromatic nitrogens is 1. The first-order valence-corrected chi connectivity index (χ1v) is 6.63. The number of hydrogen-bond donors (Lipinski definition) is 2. The van der Waals surface area contributed by atoms with Crippen molar-refractivity contribution in [1.82, 2.24) is 5.16 Å². The molecule has 0 aliphatic carbocycles. The number of rotatable bonds is 5. The maximum Gasteiger partial charge on any atom is 0.280 e. The van der Waals surface area contributed by atoms with Gasteiger partial charge in [0, 0.05) is 11.6 Å². The minimum absolute atomic E-state index is 0.0654. The number of benzene rings is 1. The molecule has 1 aromatic heterocycles. The quantitative estimate of drug-likeness (QED) is 0.853. The Balaban J connectivity index is 1.86. The van der Waals surface area contributed by atoms with Gasteiger partial charge in [-0.05, 0) is 19.4 Å². The van der Waals surface area contributed by atoms with Crippen LogP contribution in [0.4, 0.5) is 5.82 Å². The molecule has 1 aromatic carbocycles. The molecule has 0 bridgehead atoms. The largest absolute Gasteiger partial charge is 0.360 e. The number of carbonyl (C=O) groups is 1. The van der Waals surface area contributed by atoms with Gasteiger partial charge in [-0.3, -0.25) is 4.79 Å². The number of hydrogen-bond acceptors (Lipinski definition) is 3. The molecule has 5 heteroatoms. The summed E-state index contributed by atoms with van der Waals surface area (Å²) in [6.45, 7) is 5.08. The average Bonchev–Trinajstić information content (AvgIpc) is 2.77. The smallest absolute Gasteiger partial charge is 0.280 e.